The molecule has 1 atom stereocenters. The highest BCUT2D eigenvalue weighted by molar-refractivity contribution is 5.95. The largest absolute Gasteiger partial charge is 0.370 e. The number of amides is 2. The number of aryl methyl sites for hydroxylation is 1. The van der Waals surface area contributed by atoms with Crippen LogP contribution in [0, 0.1) is 18.7 Å². The van der Waals surface area contributed by atoms with Gasteiger partial charge >= 0.3 is 0 Å². The lowest BCUT2D eigenvalue weighted by atomic mass is 10.2. The molecule has 29 heavy (non-hydrogen) atoms. The summed E-state index contributed by atoms with van der Waals surface area (Å²) in [6.07, 6.45) is -0.469. The van der Waals surface area contributed by atoms with Gasteiger partial charge in [-0.05, 0) is 24.1 Å². The Morgan fingerprint density at radius 1 is 1.31 bits per heavy atom. The van der Waals surface area contributed by atoms with Crippen LogP contribution in [-0.2, 0) is 16.1 Å². The lowest BCUT2D eigenvalue weighted by Crippen LogP contribution is -2.40. The van der Waals surface area contributed by atoms with Crippen LogP contribution in [0.2, 0.25) is 0 Å². The van der Waals surface area contributed by atoms with Gasteiger partial charge in [-0.15, -0.1) is 0 Å². The first-order valence-electron chi connectivity index (χ1n) is 9.56. The SMILES string of the molecule is Cc1nonc1C(=O)N1CC(=O)N(CC(C)C)C[C@@H](OCc2ccccc2F)C1. The Labute approximate surface area is 168 Å². The second-order valence-corrected chi connectivity index (χ2v) is 7.60. The Morgan fingerprint density at radius 3 is 2.72 bits per heavy atom. The second kappa shape index (κ2) is 9.13. The summed E-state index contributed by atoms with van der Waals surface area (Å²) >= 11 is 0. The second-order valence-electron chi connectivity index (χ2n) is 7.60. The number of halogens is 1. The van der Waals surface area contributed by atoms with E-state index in [4.69, 9.17) is 4.74 Å². The van der Waals surface area contributed by atoms with Gasteiger partial charge in [0.15, 0.2) is 5.69 Å². The van der Waals surface area contributed by atoms with Gasteiger partial charge in [-0.2, -0.15) is 0 Å². The molecule has 1 fully saturated rings. The first-order valence-corrected chi connectivity index (χ1v) is 9.56. The van der Waals surface area contributed by atoms with Crippen molar-refractivity contribution in [2.45, 2.75) is 33.5 Å². The Morgan fingerprint density at radius 2 is 2.07 bits per heavy atom. The van der Waals surface area contributed by atoms with Crippen LogP contribution in [-0.4, -0.2) is 64.2 Å². The molecular formula is C20H25FN4O4. The molecular weight excluding hydrogens is 379 g/mol. The first-order chi connectivity index (χ1) is 13.8. The molecule has 9 heteroatoms. The summed E-state index contributed by atoms with van der Waals surface area (Å²) in [5.41, 5.74) is 0.852. The molecule has 0 aliphatic carbocycles. The molecule has 2 aromatic rings. The predicted octanol–water partition coefficient (Wildman–Crippen LogP) is 2.04. The number of carbonyl (C=O) groups excluding carboxylic acids is 2. The maximum absolute atomic E-state index is 13.9. The van der Waals surface area contributed by atoms with Crippen LogP contribution < -0.4 is 0 Å². The third kappa shape index (κ3) is 5.17. The number of hydrogen-bond donors (Lipinski definition) is 0. The highest BCUT2D eigenvalue weighted by Crippen LogP contribution is 2.16. The van der Waals surface area contributed by atoms with Gasteiger partial charge in [0.2, 0.25) is 5.91 Å². The highest BCUT2D eigenvalue weighted by Gasteiger charge is 2.33. The zero-order valence-electron chi connectivity index (χ0n) is 16.8. The molecule has 1 aromatic heterocycles. The van der Waals surface area contributed by atoms with Gasteiger partial charge in [-0.3, -0.25) is 9.59 Å². The summed E-state index contributed by atoms with van der Waals surface area (Å²) in [7, 11) is 0. The molecule has 0 unspecified atom stereocenters. The van der Waals surface area contributed by atoms with Crippen molar-refractivity contribution in [3.8, 4) is 0 Å². The number of rotatable bonds is 6. The fourth-order valence-corrected chi connectivity index (χ4v) is 3.25. The third-order valence-electron chi connectivity index (χ3n) is 4.69. The molecule has 2 amide bonds. The first kappa shape index (κ1) is 20.9. The molecule has 3 rings (SSSR count). The Hall–Kier alpha value is -2.81. The van der Waals surface area contributed by atoms with Gasteiger partial charge < -0.3 is 14.5 Å². The van der Waals surface area contributed by atoms with Gasteiger partial charge in [-0.1, -0.05) is 37.2 Å². The van der Waals surface area contributed by atoms with E-state index in [9.17, 15) is 14.0 Å². The summed E-state index contributed by atoms with van der Waals surface area (Å²) < 4.78 is 24.5. The number of benzene rings is 1. The van der Waals surface area contributed by atoms with Crippen LogP contribution in [0.5, 0.6) is 0 Å². The lowest BCUT2D eigenvalue weighted by Gasteiger charge is -2.26. The van der Waals surface area contributed by atoms with Gasteiger partial charge in [0.1, 0.15) is 18.1 Å². The molecule has 0 N–H and O–H groups in total. The minimum absolute atomic E-state index is 0.0492. The summed E-state index contributed by atoms with van der Waals surface area (Å²) in [6.45, 7) is 6.66. The van der Waals surface area contributed by atoms with E-state index in [-0.39, 0.29) is 43.0 Å². The Bertz CT molecular complexity index is 870. The Kier molecular flexibility index (Phi) is 6.58. The molecule has 156 valence electrons. The average molecular weight is 404 g/mol. The molecule has 0 bridgehead atoms. The topological polar surface area (TPSA) is 88.8 Å². The lowest BCUT2D eigenvalue weighted by molar-refractivity contribution is -0.132. The van der Waals surface area contributed by atoms with Crippen LogP contribution in [0.25, 0.3) is 0 Å². The van der Waals surface area contributed by atoms with Crippen molar-refractivity contribution >= 4 is 11.8 Å². The van der Waals surface area contributed by atoms with Crippen molar-refractivity contribution in [2.75, 3.05) is 26.2 Å². The van der Waals surface area contributed by atoms with Gasteiger partial charge in [0.25, 0.3) is 5.91 Å². The van der Waals surface area contributed by atoms with Crippen LogP contribution in [0.1, 0.15) is 35.6 Å². The molecule has 8 nitrogen and oxygen atoms in total. The smallest absolute Gasteiger partial charge is 0.278 e. The van der Waals surface area contributed by atoms with E-state index in [1.807, 2.05) is 13.8 Å². The molecule has 1 aromatic carbocycles. The summed E-state index contributed by atoms with van der Waals surface area (Å²) in [5.74, 6) is -0.704. The quantitative estimate of drug-likeness (QED) is 0.732. The van der Waals surface area contributed by atoms with E-state index < -0.39 is 12.0 Å². The highest BCUT2D eigenvalue weighted by atomic mass is 19.1. The fraction of sp³-hybridized carbons (Fsp3) is 0.500. The monoisotopic (exact) mass is 404 g/mol. The summed E-state index contributed by atoms with van der Waals surface area (Å²) in [6, 6.07) is 6.37. The zero-order valence-corrected chi connectivity index (χ0v) is 16.8. The molecule has 0 saturated carbocycles. The third-order valence-corrected chi connectivity index (χ3v) is 4.69. The summed E-state index contributed by atoms with van der Waals surface area (Å²) in [4.78, 5) is 28.7. The number of ether oxygens (including phenoxy) is 1. The molecule has 2 heterocycles. The van der Waals surface area contributed by atoms with Crippen molar-refractivity contribution in [1.29, 1.82) is 0 Å². The molecule has 1 saturated heterocycles. The molecule has 0 radical (unpaired) electrons. The maximum Gasteiger partial charge on any atom is 0.278 e. The van der Waals surface area contributed by atoms with Gasteiger partial charge in [0, 0.05) is 25.2 Å². The average Bonchev–Trinajstić information content (AvgIpc) is 3.03. The van der Waals surface area contributed by atoms with Crippen LogP contribution in [0.3, 0.4) is 0 Å². The number of aromatic nitrogens is 2. The van der Waals surface area contributed by atoms with Crippen molar-refractivity contribution in [1.82, 2.24) is 20.1 Å². The number of carbonyl (C=O) groups is 2. The molecule has 0 spiro atoms. The van der Waals surface area contributed by atoms with Crippen LogP contribution >= 0.6 is 0 Å². The van der Waals surface area contributed by atoms with Crippen molar-refractivity contribution in [2.24, 2.45) is 5.92 Å². The van der Waals surface area contributed by atoms with E-state index in [1.165, 1.54) is 11.0 Å². The predicted molar refractivity (Wildman–Crippen MR) is 101 cm³/mol. The zero-order chi connectivity index (χ0) is 21.0. The minimum atomic E-state index is -0.469. The van der Waals surface area contributed by atoms with Gasteiger partial charge in [0.05, 0.1) is 12.7 Å². The minimum Gasteiger partial charge on any atom is -0.370 e. The van der Waals surface area contributed by atoms with E-state index in [1.54, 1.807) is 30.0 Å². The standard InChI is InChI=1S/C20H25FN4O4/c1-13(2)8-24-9-16(28-12-15-6-4-5-7-17(15)21)10-25(11-18(24)26)20(27)19-14(3)22-29-23-19/h4-7,13,16H,8-12H2,1-3H3/t16-/m1/s1. The summed E-state index contributed by atoms with van der Waals surface area (Å²) in [5, 5.41) is 7.28. The Balaban J connectivity index is 1.78. The molecule has 1 aliphatic rings. The van der Waals surface area contributed by atoms with Crippen molar-refractivity contribution in [3.63, 3.8) is 0 Å². The van der Waals surface area contributed by atoms with E-state index in [0.29, 0.717) is 24.3 Å². The number of nitrogens with zero attached hydrogens (tertiary/aromatic N) is 4. The van der Waals surface area contributed by atoms with Crippen LogP contribution in [0.4, 0.5) is 4.39 Å². The fourth-order valence-electron chi connectivity index (χ4n) is 3.25. The normalized spacial score (nSPS) is 17.7. The maximum atomic E-state index is 13.9. The van der Waals surface area contributed by atoms with Crippen molar-refractivity contribution in [3.05, 3.63) is 47.0 Å². The molecule has 1 aliphatic heterocycles. The van der Waals surface area contributed by atoms with E-state index in [2.05, 4.69) is 14.9 Å². The van der Waals surface area contributed by atoms with E-state index >= 15 is 0 Å². The van der Waals surface area contributed by atoms with Gasteiger partial charge in [-0.25, -0.2) is 9.02 Å². The number of hydrogen-bond acceptors (Lipinski definition) is 6. The van der Waals surface area contributed by atoms with Crippen LogP contribution in [0.15, 0.2) is 28.9 Å². The van der Waals surface area contributed by atoms with Crippen molar-refractivity contribution < 1.29 is 23.3 Å². The van der Waals surface area contributed by atoms with E-state index in [0.717, 1.165) is 0 Å².